The summed E-state index contributed by atoms with van der Waals surface area (Å²) in [5.41, 5.74) is 2.19. The number of aryl methyl sites for hydroxylation is 2. The zero-order valence-electron chi connectivity index (χ0n) is 13.5. The Bertz CT molecular complexity index is 640. The molecule has 2 aromatic carbocycles. The molecule has 0 bridgehead atoms. The lowest BCUT2D eigenvalue weighted by Crippen LogP contribution is -2.36. The molecule has 0 heterocycles. The van der Waals surface area contributed by atoms with Crippen molar-refractivity contribution in [2.24, 2.45) is 0 Å². The maximum Gasteiger partial charge on any atom is 0.220 e. The van der Waals surface area contributed by atoms with Crippen LogP contribution in [0.5, 0.6) is 5.75 Å². The van der Waals surface area contributed by atoms with Crippen molar-refractivity contribution in [1.82, 2.24) is 5.32 Å². The van der Waals surface area contributed by atoms with E-state index < -0.39 is 0 Å². The molecular formula is C19H22ClNO2. The molecule has 0 aliphatic heterocycles. The van der Waals surface area contributed by atoms with Crippen LogP contribution < -0.4 is 10.1 Å². The highest BCUT2D eigenvalue weighted by Gasteiger charge is 2.09. The van der Waals surface area contributed by atoms with Gasteiger partial charge >= 0.3 is 0 Å². The summed E-state index contributed by atoms with van der Waals surface area (Å²) < 4.78 is 5.67. The molecule has 4 heteroatoms. The summed E-state index contributed by atoms with van der Waals surface area (Å²) in [6, 6.07) is 15.4. The van der Waals surface area contributed by atoms with E-state index in [1.165, 1.54) is 5.56 Å². The SMILES string of the molecule is Cc1ccc(OCC(C)NC(=O)CCc2ccccc2Cl)cc1. The van der Waals surface area contributed by atoms with E-state index in [-0.39, 0.29) is 11.9 Å². The van der Waals surface area contributed by atoms with Crippen LogP contribution in [-0.4, -0.2) is 18.6 Å². The topological polar surface area (TPSA) is 38.3 Å². The number of nitrogens with one attached hydrogen (secondary N) is 1. The average Bonchev–Trinajstić information content (AvgIpc) is 2.53. The standard InChI is InChI=1S/C19H22ClNO2/c1-14-7-10-17(11-8-14)23-13-15(2)21-19(22)12-9-16-5-3-4-6-18(16)20/h3-8,10-11,15H,9,12-13H2,1-2H3,(H,21,22). The second kappa shape index (κ2) is 8.59. The number of hydrogen-bond acceptors (Lipinski definition) is 2. The number of carbonyl (C=O) groups is 1. The average molecular weight is 332 g/mol. The Hall–Kier alpha value is -2.00. The fourth-order valence-electron chi connectivity index (χ4n) is 2.19. The van der Waals surface area contributed by atoms with E-state index in [4.69, 9.17) is 16.3 Å². The fraction of sp³-hybridized carbons (Fsp3) is 0.316. The van der Waals surface area contributed by atoms with Crippen molar-refractivity contribution in [2.45, 2.75) is 32.7 Å². The predicted octanol–water partition coefficient (Wildman–Crippen LogP) is 4.16. The second-order valence-electron chi connectivity index (χ2n) is 5.68. The fourth-order valence-corrected chi connectivity index (χ4v) is 2.42. The third kappa shape index (κ3) is 5.95. The Morgan fingerprint density at radius 2 is 1.87 bits per heavy atom. The van der Waals surface area contributed by atoms with E-state index >= 15 is 0 Å². The van der Waals surface area contributed by atoms with Crippen LogP contribution in [0.25, 0.3) is 0 Å². The first-order valence-corrected chi connectivity index (χ1v) is 8.14. The Kier molecular flexibility index (Phi) is 6.48. The maximum absolute atomic E-state index is 12.0. The summed E-state index contributed by atoms with van der Waals surface area (Å²) in [6.45, 7) is 4.41. The molecule has 0 radical (unpaired) electrons. The van der Waals surface area contributed by atoms with Crippen LogP contribution in [0.2, 0.25) is 5.02 Å². The van der Waals surface area contributed by atoms with Gasteiger partial charge in [0.15, 0.2) is 0 Å². The second-order valence-corrected chi connectivity index (χ2v) is 6.09. The Morgan fingerprint density at radius 3 is 2.57 bits per heavy atom. The summed E-state index contributed by atoms with van der Waals surface area (Å²) >= 11 is 6.09. The number of rotatable bonds is 7. The molecule has 0 aliphatic carbocycles. The van der Waals surface area contributed by atoms with Crippen LogP contribution in [-0.2, 0) is 11.2 Å². The highest BCUT2D eigenvalue weighted by atomic mass is 35.5. The van der Waals surface area contributed by atoms with Crippen molar-refractivity contribution < 1.29 is 9.53 Å². The van der Waals surface area contributed by atoms with Gasteiger partial charge in [-0.2, -0.15) is 0 Å². The molecular weight excluding hydrogens is 310 g/mol. The molecule has 2 aromatic rings. The zero-order valence-corrected chi connectivity index (χ0v) is 14.3. The summed E-state index contributed by atoms with van der Waals surface area (Å²) in [5.74, 6) is 0.817. The summed E-state index contributed by atoms with van der Waals surface area (Å²) in [5, 5.41) is 3.65. The molecule has 1 atom stereocenters. The predicted molar refractivity (Wildman–Crippen MR) is 94.1 cm³/mol. The van der Waals surface area contributed by atoms with Gasteiger partial charge in [-0.05, 0) is 44.0 Å². The van der Waals surface area contributed by atoms with Crippen LogP contribution in [0.1, 0.15) is 24.5 Å². The van der Waals surface area contributed by atoms with Crippen LogP contribution >= 0.6 is 11.6 Å². The van der Waals surface area contributed by atoms with Gasteiger partial charge < -0.3 is 10.1 Å². The monoisotopic (exact) mass is 331 g/mol. The van der Waals surface area contributed by atoms with Gasteiger partial charge in [0.05, 0.1) is 6.04 Å². The minimum absolute atomic E-state index is 0.00456. The van der Waals surface area contributed by atoms with E-state index in [1.807, 2.05) is 62.4 Å². The molecule has 0 saturated heterocycles. The van der Waals surface area contributed by atoms with Crippen LogP contribution in [0.3, 0.4) is 0 Å². The number of halogens is 1. The van der Waals surface area contributed by atoms with Gasteiger partial charge in [-0.15, -0.1) is 0 Å². The molecule has 0 fully saturated rings. The molecule has 0 spiro atoms. The molecule has 0 aromatic heterocycles. The van der Waals surface area contributed by atoms with Crippen LogP contribution in [0, 0.1) is 6.92 Å². The van der Waals surface area contributed by atoms with E-state index in [1.54, 1.807) is 0 Å². The maximum atomic E-state index is 12.0. The molecule has 23 heavy (non-hydrogen) atoms. The van der Waals surface area contributed by atoms with Crippen LogP contribution in [0.4, 0.5) is 0 Å². The smallest absolute Gasteiger partial charge is 0.220 e. The number of amides is 1. The van der Waals surface area contributed by atoms with Gasteiger partial charge in [-0.3, -0.25) is 4.79 Å². The molecule has 1 amide bonds. The third-order valence-electron chi connectivity index (χ3n) is 3.51. The Labute approximate surface area is 142 Å². The van der Waals surface area contributed by atoms with Crippen LogP contribution in [0.15, 0.2) is 48.5 Å². The van der Waals surface area contributed by atoms with Crippen molar-refractivity contribution >= 4 is 17.5 Å². The molecule has 2 rings (SSSR count). The highest BCUT2D eigenvalue weighted by molar-refractivity contribution is 6.31. The van der Waals surface area contributed by atoms with Crippen molar-refractivity contribution in [3.05, 3.63) is 64.7 Å². The minimum atomic E-state index is -0.0463. The van der Waals surface area contributed by atoms with Crippen molar-refractivity contribution in [1.29, 1.82) is 0 Å². The Balaban J connectivity index is 1.72. The number of hydrogen-bond donors (Lipinski definition) is 1. The quantitative estimate of drug-likeness (QED) is 0.827. The van der Waals surface area contributed by atoms with E-state index in [9.17, 15) is 4.79 Å². The zero-order chi connectivity index (χ0) is 16.7. The van der Waals surface area contributed by atoms with E-state index in [2.05, 4.69) is 5.32 Å². The minimum Gasteiger partial charge on any atom is -0.491 e. The summed E-state index contributed by atoms with van der Waals surface area (Å²) in [7, 11) is 0. The summed E-state index contributed by atoms with van der Waals surface area (Å²) in [6.07, 6.45) is 1.05. The van der Waals surface area contributed by atoms with Gasteiger partial charge in [-0.1, -0.05) is 47.5 Å². The number of ether oxygens (including phenoxy) is 1. The Morgan fingerprint density at radius 1 is 1.17 bits per heavy atom. The van der Waals surface area contributed by atoms with Crippen molar-refractivity contribution in [2.75, 3.05) is 6.61 Å². The molecule has 0 aliphatic rings. The van der Waals surface area contributed by atoms with Gasteiger partial charge in [-0.25, -0.2) is 0 Å². The molecule has 1 unspecified atom stereocenters. The molecule has 1 N–H and O–H groups in total. The van der Waals surface area contributed by atoms with E-state index in [0.717, 1.165) is 11.3 Å². The third-order valence-corrected chi connectivity index (χ3v) is 3.88. The van der Waals surface area contributed by atoms with Crippen molar-refractivity contribution in [3.8, 4) is 5.75 Å². The van der Waals surface area contributed by atoms with Gasteiger partial charge in [0, 0.05) is 11.4 Å². The lowest BCUT2D eigenvalue weighted by molar-refractivity contribution is -0.121. The lowest BCUT2D eigenvalue weighted by atomic mass is 10.1. The largest absolute Gasteiger partial charge is 0.491 e. The number of benzene rings is 2. The summed E-state index contributed by atoms with van der Waals surface area (Å²) in [4.78, 5) is 12.0. The normalized spacial score (nSPS) is 11.8. The molecule has 0 saturated carbocycles. The van der Waals surface area contributed by atoms with Gasteiger partial charge in [0.25, 0.3) is 0 Å². The van der Waals surface area contributed by atoms with Gasteiger partial charge in [0.2, 0.25) is 5.91 Å². The first-order valence-electron chi connectivity index (χ1n) is 7.77. The first kappa shape index (κ1) is 17.4. The number of carbonyl (C=O) groups excluding carboxylic acids is 1. The van der Waals surface area contributed by atoms with E-state index in [0.29, 0.717) is 24.5 Å². The first-order chi connectivity index (χ1) is 11.0. The molecule has 3 nitrogen and oxygen atoms in total. The lowest BCUT2D eigenvalue weighted by Gasteiger charge is -2.15. The molecule has 122 valence electrons. The van der Waals surface area contributed by atoms with Gasteiger partial charge in [0.1, 0.15) is 12.4 Å². The highest BCUT2D eigenvalue weighted by Crippen LogP contribution is 2.16. The van der Waals surface area contributed by atoms with Crippen molar-refractivity contribution in [3.63, 3.8) is 0 Å².